The number of hydrogen-bond donors (Lipinski definition) is 1. The molecule has 3 aromatic rings. The molecule has 5 heteroatoms. The van der Waals surface area contributed by atoms with Gasteiger partial charge in [-0.3, -0.25) is 0 Å². The van der Waals surface area contributed by atoms with Crippen molar-refractivity contribution in [2.45, 2.75) is 19.9 Å². The van der Waals surface area contributed by atoms with Crippen LogP contribution in [0.5, 0.6) is 0 Å². The molecule has 2 amide bonds. The van der Waals surface area contributed by atoms with Crippen molar-refractivity contribution < 1.29 is 9.21 Å². The Kier molecular flexibility index (Phi) is 4.89. The Morgan fingerprint density at radius 1 is 1.08 bits per heavy atom. The number of amides is 2. The zero-order valence-electron chi connectivity index (χ0n) is 15.9. The monoisotopic (exact) mass is 351 g/mol. The van der Waals surface area contributed by atoms with Crippen molar-refractivity contribution in [1.82, 2.24) is 4.90 Å². The standard InChI is InChI=1S/C21H25N3O2/c1-14-12-17(10-11-18(14)23(3)4)22-21(25)24(5)15(2)20-13-16-8-6-7-9-19(16)26-20/h6-13,15H,1-5H3,(H,22,25). The smallest absolute Gasteiger partial charge is 0.322 e. The molecule has 1 atom stereocenters. The number of rotatable bonds is 4. The maximum absolute atomic E-state index is 12.6. The van der Waals surface area contributed by atoms with E-state index in [0.29, 0.717) is 0 Å². The lowest BCUT2D eigenvalue weighted by Crippen LogP contribution is -2.33. The Bertz CT molecular complexity index is 897. The molecule has 0 aliphatic rings. The highest BCUT2D eigenvalue weighted by Crippen LogP contribution is 2.27. The van der Waals surface area contributed by atoms with Crippen LogP contribution in [-0.4, -0.2) is 32.1 Å². The van der Waals surface area contributed by atoms with Gasteiger partial charge >= 0.3 is 6.03 Å². The first kappa shape index (κ1) is 17.9. The highest BCUT2D eigenvalue weighted by atomic mass is 16.3. The van der Waals surface area contributed by atoms with Crippen LogP contribution in [0.1, 0.15) is 24.3 Å². The van der Waals surface area contributed by atoms with Crippen LogP contribution in [0.4, 0.5) is 16.2 Å². The third-order valence-corrected chi connectivity index (χ3v) is 4.69. The normalized spacial score (nSPS) is 12.0. The minimum absolute atomic E-state index is 0.171. The SMILES string of the molecule is Cc1cc(NC(=O)N(C)C(C)c2cc3ccccc3o2)ccc1N(C)C. The van der Waals surface area contributed by atoms with Crippen LogP contribution in [-0.2, 0) is 0 Å². The molecule has 0 radical (unpaired) electrons. The van der Waals surface area contributed by atoms with E-state index in [2.05, 4.69) is 10.2 Å². The van der Waals surface area contributed by atoms with Crippen molar-refractivity contribution in [3.63, 3.8) is 0 Å². The van der Waals surface area contributed by atoms with E-state index >= 15 is 0 Å². The van der Waals surface area contributed by atoms with Gasteiger partial charge in [-0.25, -0.2) is 4.79 Å². The van der Waals surface area contributed by atoms with Crippen LogP contribution in [0.3, 0.4) is 0 Å². The van der Waals surface area contributed by atoms with Gasteiger partial charge in [-0.15, -0.1) is 0 Å². The number of furan rings is 1. The first-order valence-corrected chi connectivity index (χ1v) is 8.67. The van der Waals surface area contributed by atoms with Gasteiger partial charge in [0.15, 0.2) is 0 Å². The van der Waals surface area contributed by atoms with Crippen LogP contribution in [0.2, 0.25) is 0 Å². The fourth-order valence-electron chi connectivity index (χ4n) is 3.02. The van der Waals surface area contributed by atoms with Gasteiger partial charge in [-0.2, -0.15) is 0 Å². The summed E-state index contributed by atoms with van der Waals surface area (Å²) < 4.78 is 5.89. The summed E-state index contributed by atoms with van der Waals surface area (Å²) in [5.74, 6) is 0.767. The molecule has 1 N–H and O–H groups in total. The molecule has 5 nitrogen and oxygen atoms in total. The zero-order valence-corrected chi connectivity index (χ0v) is 15.9. The van der Waals surface area contributed by atoms with E-state index in [9.17, 15) is 4.79 Å². The van der Waals surface area contributed by atoms with Crippen molar-refractivity contribution in [1.29, 1.82) is 0 Å². The van der Waals surface area contributed by atoms with E-state index in [1.807, 2.05) is 76.5 Å². The largest absolute Gasteiger partial charge is 0.459 e. The summed E-state index contributed by atoms with van der Waals surface area (Å²) in [7, 11) is 5.78. The molecule has 0 aliphatic heterocycles. The molecule has 1 heterocycles. The lowest BCUT2D eigenvalue weighted by molar-refractivity contribution is 0.201. The number of para-hydroxylation sites is 1. The predicted molar refractivity (Wildman–Crippen MR) is 107 cm³/mol. The fraction of sp³-hybridized carbons (Fsp3) is 0.286. The number of fused-ring (bicyclic) bond motifs is 1. The van der Waals surface area contributed by atoms with Crippen LogP contribution in [0.15, 0.2) is 52.9 Å². The molecule has 136 valence electrons. The Hall–Kier alpha value is -2.95. The number of hydrogen-bond acceptors (Lipinski definition) is 3. The van der Waals surface area contributed by atoms with Gasteiger partial charge in [-0.05, 0) is 49.7 Å². The summed E-state index contributed by atoms with van der Waals surface area (Å²) in [6, 6.07) is 15.4. The zero-order chi connectivity index (χ0) is 18.8. The molecule has 0 saturated carbocycles. The Morgan fingerprint density at radius 2 is 1.81 bits per heavy atom. The average Bonchev–Trinajstić information content (AvgIpc) is 3.04. The summed E-state index contributed by atoms with van der Waals surface area (Å²) >= 11 is 0. The molecule has 0 spiro atoms. The summed E-state index contributed by atoms with van der Waals surface area (Å²) in [6.07, 6.45) is 0. The third-order valence-electron chi connectivity index (χ3n) is 4.69. The maximum Gasteiger partial charge on any atom is 0.322 e. The molecule has 0 saturated heterocycles. The number of benzene rings is 2. The number of nitrogens with zero attached hydrogens (tertiary/aromatic N) is 2. The van der Waals surface area contributed by atoms with Gasteiger partial charge in [0.1, 0.15) is 11.3 Å². The predicted octanol–water partition coefficient (Wildman–Crippen LogP) is 5.03. The summed E-state index contributed by atoms with van der Waals surface area (Å²) in [4.78, 5) is 16.3. The van der Waals surface area contributed by atoms with Crippen LogP contribution in [0, 0.1) is 6.92 Å². The highest BCUT2D eigenvalue weighted by Gasteiger charge is 2.21. The molecule has 2 aromatic carbocycles. The van der Waals surface area contributed by atoms with Crippen LogP contribution < -0.4 is 10.2 Å². The molecular weight excluding hydrogens is 326 g/mol. The first-order chi connectivity index (χ1) is 12.4. The van der Waals surface area contributed by atoms with E-state index in [4.69, 9.17) is 4.42 Å². The van der Waals surface area contributed by atoms with Crippen LogP contribution in [0.25, 0.3) is 11.0 Å². The first-order valence-electron chi connectivity index (χ1n) is 8.67. The lowest BCUT2D eigenvalue weighted by atomic mass is 10.1. The number of nitrogens with one attached hydrogen (secondary N) is 1. The molecule has 0 fully saturated rings. The topological polar surface area (TPSA) is 48.7 Å². The average molecular weight is 351 g/mol. The molecule has 1 aromatic heterocycles. The quantitative estimate of drug-likeness (QED) is 0.717. The molecule has 0 aliphatic carbocycles. The second-order valence-electron chi connectivity index (χ2n) is 6.80. The minimum atomic E-state index is -0.176. The maximum atomic E-state index is 12.6. The van der Waals surface area contributed by atoms with Gasteiger partial charge in [0.2, 0.25) is 0 Å². The molecular formula is C21H25N3O2. The number of anilines is 2. The third kappa shape index (κ3) is 3.52. The number of carbonyl (C=O) groups excluding carboxylic acids is 1. The Labute approximate surface area is 154 Å². The van der Waals surface area contributed by atoms with Gasteiger partial charge in [0.05, 0.1) is 6.04 Å². The van der Waals surface area contributed by atoms with E-state index in [0.717, 1.165) is 33.7 Å². The number of urea groups is 1. The summed E-state index contributed by atoms with van der Waals surface area (Å²) in [6.45, 7) is 3.99. The number of carbonyl (C=O) groups is 1. The van der Waals surface area contributed by atoms with Gasteiger partial charge in [-0.1, -0.05) is 18.2 Å². The van der Waals surface area contributed by atoms with Crippen molar-refractivity contribution in [3.8, 4) is 0 Å². The van der Waals surface area contributed by atoms with Gasteiger partial charge < -0.3 is 19.5 Å². The molecule has 3 rings (SSSR count). The Balaban J connectivity index is 1.73. The Morgan fingerprint density at radius 3 is 2.46 bits per heavy atom. The highest BCUT2D eigenvalue weighted by molar-refractivity contribution is 5.90. The van der Waals surface area contributed by atoms with Crippen molar-refractivity contribution in [2.75, 3.05) is 31.4 Å². The van der Waals surface area contributed by atoms with Crippen molar-refractivity contribution in [3.05, 3.63) is 59.9 Å². The van der Waals surface area contributed by atoms with E-state index in [1.54, 1.807) is 11.9 Å². The molecule has 0 bridgehead atoms. The summed E-state index contributed by atoms with van der Waals surface area (Å²) in [5.41, 5.74) is 3.85. The van der Waals surface area contributed by atoms with Gasteiger partial charge in [0, 0.05) is 37.9 Å². The molecule has 1 unspecified atom stereocenters. The van der Waals surface area contributed by atoms with Gasteiger partial charge in [0.25, 0.3) is 0 Å². The van der Waals surface area contributed by atoms with Crippen molar-refractivity contribution >= 4 is 28.4 Å². The fourth-order valence-corrected chi connectivity index (χ4v) is 3.02. The number of aryl methyl sites for hydroxylation is 1. The van der Waals surface area contributed by atoms with E-state index in [1.165, 1.54) is 0 Å². The van der Waals surface area contributed by atoms with Crippen molar-refractivity contribution in [2.24, 2.45) is 0 Å². The second kappa shape index (κ2) is 7.12. The lowest BCUT2D eigenvalue weighted by Gasteiger charge is -2.24. The van der Waals surface area contributed by atoms with E-state index in [-0.39, 0.29) is 12.1 Å². The van der Waals surface area contributed by atoms with Crippen LogP contribution >= 0.6 is 0 Å². The summed E-state index contributed by atoms with van der Waals surface area (Å²) in [5, 5.41) is 4.00. The van der Waals surface area contributed by atoms with E-state index < -0.39 is 0 Å². The second-order valence-corrected chi connectivity index (χ2v) is 6.80. The minimum Gasteiger partial charge on any atom is -0.459 e. The molecule has 26 heavy (non-hydrogen) atoms.